The summed E-state index contributed by atoms with van der Waals surface area (Å²) in [5.74, 6) is -0.976. The molecule has 0 aromatic carbocycles. The third kappa shape index (κ3) is 1.75. The lowest BCUT2D eigenvalue weighted by Crippen LogP contribution is -1.99. The monoisotopic (exact) mass is 172 g/mol. The van der Waals surface area contributed by atoms with E-state index in [1.54, 1.807) is 0 Å². The number of hydrogen-bond donors (Lipinski definition) is 1. The lowest BCUT2D eigenvalue weighted by molar-refractivity contribution is 0.0697. The molecule has 11 heavy (non-hydrogen) atoms. The zero-order valence-electron chi connectivity index (χ0n) is 5.83. The minimum absolute atomic E-state index is 0.201. The van der Waals surface area contributed by atoms with Crippen molar-refractivity contribution in [2.45, 2.75) is 6.61 Å². The Morgan fingerprint density at radius 1 is 1.91 bits per heavy atom. The van der Waals surface area contributed by atoms with Crippen LogP contribution in [0.25, 0.3) is 0 Å². The van der Waals surface area contributed by atoms with Gasteiger partial charge in [0, 0.05) is 7.11 Å². The Hall–Kier alpha value is -0.940. The first-order valence-electron chi connectivity index (χ1n) is 2.83. The molecule has 1 radical (unpaired) electrons. The number of carbonyl (C=O) groups is 1. The van der Waals surface area contributed by atoms with Crippen molar-refractivity contribution < 1.29 is 14.6 Å². The van der Waals surface area contributed by atoms with Gasteiger partial charge < -0.3 is 9.84 Å². The zero-order chi connectivity index (χ0) is 8.27. The Labute approximate surface area is 67.5 Å². The van der Waals surface area contributed by atoms with Crippen LogP contribution in [0.3, 0.4) is 0 Å². The second-order valence-corrected chi connectivity index (χ2v) is 2.61. The van der Waals surface area contributed by atoms with Crippen molar-refractivity contribution in [3.8, 4) is 0 Å². The van der Waals surface area contributed by atoms with Crippen LogP contribution in [0.15, 0.2) is 0 Å². The molecule has 0 saturated heterocycles. The van der Waals surface area contributed by atoms with Gasteiger partial charge in [0.2, 0.25) is 0 Å². The van der Waals surface area contributed by atoms with Gasteiger partial charge in [-0.25, -0.2) is 9.78 Å². The average molecular weight is 172 g/mol. The molecule has 0 aliphatic rings. The van der Waals surface area contributed by atoms with Crippen molar-refractivity contribution in [2.75, 3.05) is 7.11 Å². The molecule has 1 heterocycles. The Morgan fingerprint density at radius 3 is 3.18 bits per heavy atom. The molecule has 1 N–H and O–H groups in total. The number of aromatic nitrogens is 1. The molecule has 1 aromatic heterocycles. The van der Waals surface area contributed by atoms with Crippen molar-refractivity contribution >= 4 is 17.3 Å². The van der Waals surface area contributed by atoms with Gasteiger partial charge in [-0.05, 0) is 0 Å². The van der Waals surface area contributed by atoms with Gasteiger partial charge in [-0.1, -0.05) is 0 Å². The van der Waals surface area contributed by atoms with Crippen LogP contribution in [-0.4, -0.2) is 23.2 Å². The Kier molecular flexibility index (Phi) is 2.56. The molecule has 1 aromatic rings. The maximum atomic E-state index is 10.5. The summed E-state index contributed by atoms with van der Waals surface area (Å²) in [6, 6.07) is 0. The molecule has 59 valence electrons. The maximum absolute atomic E-state index is 10.5. The van der Waals surface area contributed by atoms with Crippen LogP contribution < -0.4 is 0 Å². The lowest BCUT2D eigenvalue weighted by Gasteiger charge is -1.94. The fraction of sp³-hybridized carbons (Fsp3) is 0.333. The molecule has 0 amide bonds. The van der Waals surface area contributed by atoms with E-state index in [2.05, 4.69) is 10.5 Å². The summed E-state index contributed by atoms with van der Waals surface area (Å²) in [5.41, 5.74) is 2.93. The third-order valence-corrected chi connectivity index (χ3v) is 1.86. The van der Waals surface area contributed by atoms with E-state index in [4.69, 9.17) is 9.84 Å². The number of carboxylic acids is 1. The van der Waals surface area contributed by atoms with Gasteiger partial charge in [0.15, 0.2) is 5.51 Å². The van der Waals surface area contributed by atoms with Gasteiger partial charge >= 0.3 is 5.97 Å². The van der Waals surface area contributed by atoms with Crippen LogP contribution >= 0.6 is 11.3 Å². The van der Waals surface area contributed by atoms with Crippen LogP contribution in [0.2, 0.25) is 0 Å². The number of thiazole rings is 1. The number of aromatic carboxylic acids is 1. The highest BCUT2D eigenvalue weighted by atomic mass is 32.1. The first-order chi connectivity index (χ1) is 5.25. The van der Waals surface area contributed by atoms with E-state index in [0.29, 0.717) is 5.69 Å². The summed E-state index contributed by atoms with van der Waals surface area (Å²) >= 11 is 0.982. The van der Waals surface area contributed by atoms with Gasteiger partial charge in [0.05, 0.1) is 12.3 Å². The molecule has 5 heteroatoms. The number of nitrogens with zero attached hydrogens (tertiary/aromatic N) is 1. The molecule has 0 atom stereocenters. The standard InChI is InChI=1S/C6H6NO3S/c1-10-2-4-5(6(8)9)11-3-7-4/h2H2,1H3,(H,8,9). The summed E-state index contributed by atoms with van der Waals surface area (Å²) in [5, 5.41) is 8.58. The van der Waals surface area contributed by atoms with Gasteiger partial charge in [-0.3, -0.25) is 0 Å². The second kappa shape index (κ2) is 3.45. The molecule has 0 unspecified atom stereocenters. The van der Waals surface area contributed by atoms with Crippen molar-refractivity contribution in [3.63, 3.8) is 0 Å². The molecule has 0 aliphatic carbocycles. The number of hydrogen-bond acceptors (Lipinski definition) is 4. The molecular weight excluding hydrogens is 166 g/mol. The van der Waals surface area contributed by atoms with E-state index in [9.17, 15) is 4.79 Å². The first-order valence-corrected chi connectivity index (χ1v) is 3.65. The van der Waals surface area contributed by atoms with Crippen LogP contribution in [-0.2, 0) is 11.3 Å². The fourth-order valence-corrected chi connectivity index (χ4v) is 1.19. The van der Waals surface area contributed by atoms with Crippen molar-refractivity contribution in [1.29, 1.82) is 0 Å². The van der Waals surface area contributed by atoms with Gasteiger partial charge in [0.25, 0.3) is 0 Å². The molecule has 4 nitrogen and oxygen atoms in total. The van der Waals surface area contributed by atoms with Gasteiger partial charge in [-0.2, -0.15) is 0 Å². The molecule has 0 aliphatic heterocycles. The first kappa shape index (κ1) is 8.16. The number of methoxy groups -OCH3 is 1. The smallest absolute Gasteiger partial charge is 0.347 e. The van der Waals surface area contributed by atoms with Crippen molar-refractivity contribution in [2.24, 2.45) is 0 Å². The molecular formula is C6H6NO3S. The van der Waals surface area contributed by atoms with Gasteiger partial charge in [-0.15, -0.1) is 11.3 Å². The highest BCUT2D eigenvalue weighted by Crippen LogP contribution is 2.12. The number of ether oxygens (including phenoxy) is 1. The van der Waals surface area contributed by atoms with Crippen LogP contribution in [0, 0.1) is 5.51 Å². The Bertz CT molecular complexity index is 258. The summed E-state index contributed by atoms with van der Waals surface area (Å²) in [6.45, 7) is 0.224. The molecule has 0 spiro atoms. The molecule has 0 fully saturated rings. The van der Waals surface area contributed by atoms with E-state index >= 15 is 0 Å². The molecule has 1 rings (SSSR count). The lowest BCUT2D eigenvalue weighted by atomic mass is 10.4. The highest BCUT2D eigenvalue weighted by Gasteiger charge is 2.12. The molecule has 0 bridgehead atoms. The zero-order valence-corrected chi connectivity index (χ0v) is 6.64. The minimum atomic E-state index is -0.976. The van der Waals surface area contributed by atoms with E-state index < -0.39 is 5.97 Å². The van der Waals surface area contributed by atoms with Crippen LogP contribution in [0.4, 0.5) is 0 Å². The summed E-state index contributed by atoms with van der Waals surface area (Å²) in [6.07, 6.45) is 0. The summed E-state index contributed by atoms with van der Waals surface area (Å²) in [4.78, 5) is 14.4. The summed E-state index contributed by atoms with van der Waals surface area (Å²) in [7, 11) is 1.49. The number of rotatable bonds is 3. The fourth-order valence-electron chi connectivity index (χ4n) is 0.635. The predicted molar refractivity (Wildman–Crippen MR) is 38.6 cm³/mol. The SMILES string of the molecule is COCc1n[c]sc1C(=O)O. The van der Waals surface area contributed by atoms with Gasteiger partial charge in [0.1, 0.15) is 4.88 Å². The van der Waals surface area contributed by atoms with Crippen molar-refractivity contribution in [3.05, 3.63) is 16.1 Å². The molecule has 0 saturated carbocycles. The van der Waals surface area contributed by atoms with E-state index in [0.717, 1.165) is 11.3 Å². The van der Waals surface area contributed by atoms with E-state index in [1.165, 1.54) is 7.11 Å². The second-order valence-electron chi connectivity index (χ2n) is 1.82. The van der Waals surface area contributed by atoms with Crippen LogP contribution in [0.5, 0.6) is 0 Å². The maximum Gasteiger partial charge on any atom is 0.347 e. The number of carboxylic acid groups (broad SMARTS) is 1. The highest BCUT2D eigenvalue weighted by molar-refractivity contribution is 7.11. The predicted octanol–water partition coefficient (Wildman–Crippen LogP) is 0.788. The minimum Gasteiger partial charge on any atom is -0.477 e. The average Bonchev–Trinajstić information content (AvgIpc) is 2.36. The van der Waals surface area contributed by atoms with Crippen molar-refractivity contribution in [1.82, 2.24) is 4.98 Å². The van der Waals surface area contributed by atoms with Crippen LogP contribution in [0.1, 0.15) is 15.4 Å². The third-order valence-electron chi connectivity index (χ3n) is 1.07. The van der Waals surface area contributed by atoms with E-state index in [1.807, 2.05) is 0 Å². The van der Waals surface area contributed by atoms with E-state index in [-0.39, 0.29) is 11.5 Å². The Balaban J connectivity index is 2.87. The Morgan fingerprint density at radius 2 is 2.64 bits per heavy atom. The summed E-state index contributed by atoms with van der Waals surface area (Å²) < 4.78 is 4.74. The topological polar surface area (TPSA) is 59.4 Å². The normalized spacial score (nSPS) is 9.91. The quantitative estimate of drug-likeness (QED) is 0.732. The largest absolute Gasteiger partial charge is 0.477 e.